The van der Waals surface area contributed by atoms with Gasteiger partial charge in [-0.1, -0.05) is 12.1 Å². The Bertz CT molecular complexity index is 549. The zero-order valence-corrected chi connectivity index (χ0v) is 12.2. The second kappa shape index (κ2) is 4.36. The zero-order chi connectivity index (χ0) is 11.0. The van der Waals surface area contributed by atoms with Gasteiger partial charge in [0.15, 0.2) is 0 Å². The van der Waals surface area contributed by atoms with Gasteiger partial charge in [0.05, 0.1) is 0 Å². The molecule has 0 bridgehead atoms. The van der Waals surface area contributed by atoms with Crippen LogP contribution in [0.2, 0.25) is 0 Å². The normalized spacial score (nSPS) is 10.6. The maximum absolute atomic E-state index is 10.7. The average Bonchev–Trinajstić information content (AvgIpc) is 2.26. The molecule has 0 aliphatic heterocycles. The van der Waals surface area contributed by atoms with Crippen molar-refractivity contribution >= 4 is 64.8 Å². The summed E-state index contributed by atoms with van der Waals surface area (Å²) >= 11 is 10.4. The average molecular weight is 393 g/mol. The number of benzene rings is 2. The summed E-state index contributed by atoms with van der Waals surface area (Å²) in [5, 5.41) is 2.11. The number of fused-ring (bicyclic) bond motifs is 1. The molecule has 0 atom stereocenters. The molecule has 0 spiro atoms. The fraction of sp³-hybridized carbons (Fsp3) is 0. The molecule has 0 aliphatic rings. The smallest absolute Gasteiger partial charge is 0.150 e. The fourth-order valence-corrected chi connectivity index (χ4v) is 2.98. The van der Waals surface area contributed by atoms with Gasteiger partial charge in [-0.3, -0.25) is 4.79 Å². The third kappa shape index (κ3) is 2.03. The van der Waals surface area contributed by atoms with Gasteiger partial charge in [0.2, 0.25) is 0 Å². The highest BCUT2D eigenvalue weighted by Crippen LogP contribution is 2.37. The molecule has 2 aromatic carbocycles. The quantitative estimate of drug-likeness (QED) is 0.496. The van der Waals surface area contributed by atoms with Crippen molar-refractivity contribution in [3.63, 3.8) is 0 Å². The molecule has 0 fully saturated rings. The summed E-state index contributed by atoms with van der Waals surface area (Å²) in [6.45, 7) is 0. The van der Waals surface area contributed by atoms with E-state index in [1.54, 1.807) is 0 Å². The van der Waals surface area contributed by atoms with Crippen LogP contribution in [0, 0.1) is 0 Å². The third-order valence-corrected chi connectivity index (χ3v) is 5.47. The van der Waals surface area contributed by atoms with Crippen molar-refractivity contribution in [2.45, 2.75) is 0 Å². The first kappa shape index (κ1) is 11.3. The molecule has 0 amide bonds. The van der Waals surface area contributed by atoms with Crippen molar-refractivity contribution in [1.82, 2.24) is 0 Å². The molecule has 0 saturated heterocycles. The summed E-state index contributed by atoms with van der Waals surface area (Å²) < 4.78 is 2.90. The van der Waals surface area contributed by atoms with E-state index in [1.807, 2.05) is 24.3 Å². The van der Waals surface area contributed by atoms with Crippen LogP contribution in [0.3, 0.4) is 0 Å². The molecular weight excluding hydrogens is 388 g/mol. The fourth-order valence-electron chi connectivity index (χ4n) is 1.39. The van der Waals surface area contributed by atoms with Gasteiger partial charge < -0.3 is 0 Å². The number of carbonyl (C=O) groups excluding carboxylic acids is 1. The highest BCUT2D eigenvalue weighted by atomic mass is 79.9. The molecule has 4 heteroatoms. The highest BCUT2D eigenvalue weighted by Gasteiger charge is 2.07. The molecule has 0 saturated carbocycles. The minimum absolute atomic E-state index is 0.678. The Balaban J connectivity index is 2.87. The van der Waals surface area contributed by atoms with Crippen LogP contribution in [0.25, 0.3) is 10.8 Å². The maximum Gasteiger partial charge on any atom is 0.150 e. The van der Waals surface area contributed by atoms with Crippen molar-refractivity contribution in [3.05, 3.63) is 43.2 Å². The molecule has 2 rings (SSSR count). The molecule has 0 aliphatic carbocycles. The summed E-state index contributed by atoms with van der Waals surface area (Å²) in [6.07, 6.45) is 0.849. The minimum atomic E-state index is 0.678. The van der Waals surface area contributed by atoms with Crippen molar-refractivity contribution < 1.29 is 4.79 Å². The standard InChI is InChI=1S/C11H5Br3O/c12-9-4-7-2-1-6(5-15)3-8(7)10(13)11(9)14/h1-5H. The monoisotopic (exact) mass is 390 g/mol. The Kier molecular flexibility index (Phi) is 3.28. The van der Waals surface area contributed by atoms with E-state index in [0.717, 1.165) is 30.5 Å². The highest BCUT2D eigenvalue weighted by molar-refractivity contribution is 9.14. The Morgan fingerprint density at radius 3 is 2.40 bits per heavy atom. The lowest BCUT2D eigenvalue weighted by atomic mass is 10.1. The van der Waals surface area contributed by atoms with Crippen molar-refractivity contribution in [3.8, 4) is 0 Å². The van der Waals surface area contributed by atoms with Gasteiger partial charge in [-0.25, -0.2) is 0 Å². The van der Waals surface area contributed by atoms with Crippen LogP contribution in [0.15, 0.2) is 37.7 Å². The van der Waals surface area contributed by atoms with Crippen LogP contribution in [0.4, 0.5) is 0 Å². The molecule has 0 aromatic heterocycles. The number of aldehydes is 1. The van der Waals surface area contributed by atoms with Gasteiger partial charge >= 0.3 is 0 Å². The first-order chi connectivity index (χ1) is 7.13. The zero-order valence-electron chi connectivity index (χ0n) is 7.43. The maximum atomic E-state index is 10.7. The number of carbonyl (C=O) groups is 1. The largest absolute Gasteiger partial charge is 0.298 e. The van der Waals surface area contributed by atoms with Crippen LogP contribution in [-0.4, -0.2) is 6.29 Å². The molecule has 2 aromatic rings. The van der Waals surface area contributed by atoms with E-state index in [-0.39, 0.29) is 0 Å². The molecule has 0 radical (unpaired) electrons. The second-order valence-electron chi connectivity index (χ2n) is 3.08. The topological polar surface area (TPSA) is 17.1 Å². The van der Waals surface area contributed by atoms with Crippen LogP contribution in [0.5, 0.6) is 0 Å². The first-order valence-electron chi connectivity index (χ1n) is 4.16. The Labute approximate surface area is 112 Å². The lowest BCUT2D eigenvalue weighted by molar-refractivity contribution is 0.112. The molecule has 76 valence electrons. The van der Waals surface area contributed by atoms with Gasteiger partial charge in [-0.2, -0.15) is 0 Å². The predicted molar refractivity (Wildman–Crippen MR) is 72.4 cm³/mol. The molecule has 0 heterocycles. The van der Waals surface area contributed by atoms with E-state index >= 15 is 0 Å². The van der Waals surface area contributed by atoms with Crippen molar-refractivity contribution in [2.75, 3.05) is 0 Å². The van der Waals surface area contributed by atoms with Crippen LogP contribution in [-0.2, 0) is 0 Å². The molecule has 15 heavy (non-hydrogen) atoms. The number of halogens is 3. The summed E-state index contributed by atoms with van der Waals surface area (Å²) in [5.74, 6) is 0. The molecule has 1 nitrogen and oxygen atoms in total. The second-order valence-corrected chi connectivity index (χ2v) is 5.53. The first-order valence-corrected chi connectivity index (χ1v) is 6.54. The number of hydrogen-bond donors (Lipinski definition) is 0. The molecular formula is C11H5Br3O. The van der Waals surface area contributed by atoms with Crippen molar-refractivity contribution in [2.24, 2.45) is 0 Å². The molecule has 0 N–H and O–H groups in total. The van der Waals surface area contributed by atoms with Gasteiger partial charge in [0.25, 0.3) is 0 Å². The number of rotatable bonds is 1. The van der Waals surface area contributed by atoms with E-state index in [2.05, 4.69) is 47.8 Å². The van der Waals surface area contributed by atoms with Gasteiger partial charge in [-0.05, 0) is 70.7 Å². The van der Waals surface area contributed by atoms with Crippen LogP contribution >= 0.6 is 47.8 Å². The Hall–Kier alpha value is -0.190. The SMILES string of the molecule is O=Cc1ccc2cc(Br)c(Br)c(Br)c2c1. The molecule has 0 unspecified atom stereocenters. The predicted octanol–water partition coefficient (Wildman–Crippen LogP) is 4.94. The van der Waals surface area contributed by atoms with Crippen LogP contribution < -0.4 is 0 Å². The third-order valence-electron chi connectivity index (χ3n) is 2.13. The minimum Gasteiger partial charge on any atom is -0.298 e. The van der Waals surface area contributed by atoms with Gasteiger partial charge in [0, 0.05) is 19.0 Å². The Morgan fingerprint density at radius 1 is 1.00 bits per heavy atom. The van der Waals surface area contributed by atoms with E-state index in [0.29, 0.717) is 5.56 Å². The Morgan fingerprint density at radius 2 is 1.73 bits per heavy atom. The van der Waals surface area contributed by atoms with E-state index in [9.17, 15) is 4.79 Å². The van der Waals surface area contributed by atoms with Crippen LogP contribution in [0.1, 0.15) is 10.4 Å². The lowest BCUT2D eigenvalue weighted by Crippen LogP contribution is -1.83. The van der Waals surface area contributed by atoms with E-state index < -0.39 is 0 Å². The summed E-state index contributed by atoms with van der Waals surface area (Å²) in [7, 11) is 0. The lowest BCUT2D eigenvalue weighted by Gasteiger charge is -2.06. The van der Waals surface area contributed by atoms with Gasteiger partial charge in [0.1, 0.15) is 6.29 Å². The summed E-state index contributed by atoms with van der Waals surface area (Å²) in [6, 6.07) is 7.62. The van der Waals surface area contributed by atoms with E-state index in [1.165, 1.54) is 0 Å². The summed E-state index contributed by atoms with van der Waals surface area (Å²) in [5.41, 5.74) is 0.678. The van der Waals surface area contributed by atoms with Crippen molar-refractivity contribution in [1.29, 1.82) is 0 Å². The summed E-state index contributed by atoms with van der Waals surface area (Å²) in [4.78, 5) is 10.7. The number of hydrogen-bond acceptors (Lipinski definition) is 1. The van der Waals surface area contributed by atoms with Gasteiger partial charge in [-0.15, -0.1) is 0 Å². The van der Waals surface area contributed by atoms with E-state index in [4.69, 9.17) is 0 Å².